The summed E-state index contributed by atoms with van der Waals surface area (Å²) in [7, 11) is 1.72. The number of rotatable bonds is 4. The molecule has 8 nitrogen and oxygen atoms in total. The normalized spacial score (nSPS) is 16.1. The highest BCUT2D eigenvalue weighted by Crippen LogP contribution is 2.19. The Balaban J connectivity index is 1.82. The van der Waals surface area contributed by atoms with Crippen molar-refractivity contribution in [2.45, 2.75) is 39.7 Å². The Morgan fingerprint density at radius 3 is 2.52 bits per heavy atom. The van der Waals surface area contributed by atoms with Gasteiger partial charge in [0.15, 0.2) is 5.96 Å². The van der Waals surface area contributed by atoms with E-state index in [4.69, 9.17) is 4.74 Å². The van der Waals surface area contributed by atoms with Gasteiger partial charge in [-0.25, -0.2) is 4.98 Å². The molecule has 1 aliphatic heterocycles. The number of anilines is 1. The summed E-state index contributed by atoms with van der Waals surface area (Å²) in [6.07, 6.45) is 0.859. The van der Waals surface area contributed by atoms with Crippen LogP contribution in [-0.2, 0) is 16.0 Å². The maximum absolute atomic E-state index is 11.8. The lowest BCUT2D eigenvalue weighted by Gasteiger charge is -2.36. The number of carbonyl (C=O) groups is 1. The summed E-state index contributed by atoms with van der Waals surface area (Å²) in [5.74, 6) is 1.34. The van der Waals surface area contributed by atoms with Crippen LogP contribution in [0.15, 0.2) is 4.99 Å². The summed E-state index contributed by atoms with van der Waals surface area (Å²) >= 11 is 1.45. The second-order valence-electron chi connectivity index (χ2n) is 6.81. The average Bonchev–Trinajstić information content (AvgIpc) is 3.03. The van der Waals surface area contributed by atoms with Crippen molar-refractivity contribution in [1.82, 2.24) is 19.6 Å². The molecule has 1 fully saturated rings. The van der Waals surface area contributed by atoms with Crippen LogP contribution >= 0.6 is 11.5 Å². The Labute approximate surface area is 153 Å². The standard InChI is InChI=1S/C16H28N6O2S/c1-6-12-19-15(25-20-12)22-9-7-21(8-10-22)14(17-5)18-11-13(23)24-16(2,3)4/h6-11H2,1-5H3,(H,17,18). The molecule has 0 unspecified atom stereocenters. The first-order valence-corrected chi connectivity index (χ1v) is 9.34. The van der Waals surface area contributed by atoms with Gasteiger partial charge in [-0.2, -0.15) is 4.37 Å². The van der Waals surface area contributed by atoms with Gasteiger partial charge in [0.2, 0.25) is 5.13 Å². The van der Waals surface area contributed by atoms with Crippen LogP contribution in [0.2, 0.25) is 0 Å². The Hall–Kier alpha value is -1.90. The molecule has 25 heavy (non-hydrogen) atoms. The largest absolute Gasteiger partial charge is 0.459 e. The predicted octanol–water partition coefficient (Wildman–Crippen LogP) is 1.14. The first-order valence-electron chi connectivity index (χ1n) is 8.57. The quantitative estimate of drug-likeness (QED) is 0.485. The van der Waals surface area contributed by atoms with Crippen molar-refractivity contribution in [1.29, 1.82) is 0 Å². The topological polar surface area (TPSA) is 83.0 Å². The molecule has 9 heteroatoms. The van der Waals surface area contributed by atoms with E-state index in [9.17, 15) is 4.79 Å². The number of aryl methyl sites for hydroxylation is 1. The van der Waals surface area contributed by atoms with Crippen LogP contribution in [-0.4, -0.2) is 71.6 Å². The molecule has 140 valence electrons. The second-order valence-corrected chi connectivity index (χ2v) is 7.54. The molecule has 0 amide bonds. The minimum Gasteiger partial charge on any atom is -0.459 e. The number of hydrogen-bond donors (Lipinski definition) is 1. The summed E-state index contributed by atoms with van der Waals surface area (Å²) in [6, 6.07) is 0. The van der Waals surface area contributed by atoms with Crippen LogP contribution in [0.25, 0.3) is 0 Å². The van der Waals surface area contributed by atoms with E-state index in [1.165, 1.54) is 11.5 Å². The molecule has 1 saturated heterocycles. The molecule has 0 spiro atoms. The van der Waals surface area contributed by atoms with Crippen LogP contribution in [0.5, 0.6) is 0 Å². The van der Waals surface area contributed by atoms with Gasteiger partial charge in [-0.3, -0.25) is 9.79 Å². The molecular formula is C16H28N6O2S. The van der Waals surface area contributed by atoms with E-state index < -0.39 is 5.60 Å². The first kappa shape index (κ1) is 19.4. The molecule has 2 rings (SSSR count). The van der Waals surface area contributed by atoms with Crippen molar-refractivity contribution in [3.63, 3.8) is 0 Å². The van der Waals surface area contributed by atoms with Crippen molar-refractivity contribution in [3.8, 4) is 0 Å². The summed E-state index contributed by atoms with van der Waals surface area (Å²) in [4.78, 5) is 25.1. The number of guanidine groups is 1. The maximum Gasteiger partial charge on any atom is 0.325 e. The van der Waals surface area contributed by atoms with Crippen LogP contribution in [0, 0.1) is 0 Å². The number of aliphatic imine (C=N–C) groups is 1. The van der Waals surface area contributed by atoms with Gasteiger partial charge in [0, 0.05) is 51.2 Å². The number of piperazine rings is 1. The van der Waals surface area contributed by atoms with E-state index in [0.717, 1.165) is 49.5 Å². The number of esters is 1. The number of nitrogens with one attached hydrogen (secondary N) is 1. The van der Waals surface area contributed by atoms with Crippen molar-refractivity contribution < 1.29 is 9.53 Å². The molecule has 0 bridgehead atoms. The maximum atomic E-state index is 11.8. The molecule has 0 aromatic carbocycles. The zero-order valence-corrected chi connectivity index (χ0v) is 16.5. The third-order valence-corrected chi connectivity index (χ3v) is 4.46. The lowest BCUT2D eigenvalue weighted by Crippen LogP contribution is -2.53. The highest BCUT2D eigenvalue weighted by Gasteiger charge is 2.23. The Kier molecular flexibility index (Phi) is 6.57. The molecule has 1 N–H and O–H groups in total. The first-order chi connectivity index (χ1) is 11.8. The molecule has 0 radical (unpaired) electrons. The number of hydrogen-bond acceptors (Lipinski definition) is 7. The van der Waals surface area contributed by atoms with E-state index in [-0.39, 0.29) is 12.5 Å². The Bertz CT molecular complexity index is 602. The third-order valence-electron chi connectivity index (χ3n) is 3.65. The minimum atomic E-state index is -0.479. The number of carbonyl (C=O) groups excluding carboxylic acids is 1. The van der Waals surface area contributed by atoms with E-state index in [2.05, 4.69) is 36.4 Å². The lowest BCUT2D eigenvalue weighted by molar-refractivity contribution is -0.153. The van der Waals surface area contributed by atoms with Crippen LogP contribution in [0.3, 0.4) is 0 Å². The number of aromatic nitrogens is 2. The predicted molar refractivity (Wildman–Crippen MR) is 100 cm³/mol. The van der Waals surface area contributed by atoms with Gasteiger partial charge in [0.25, 0.3) is 0 Å². The van der Waals surface area contributed by atoms with Gasteiger partial charge < -0.3 is 19.9 Å². The summed E-state index contributed by atoms with van der Waals surface area (Å²) < 4.78 is 9.66. The van der Waals surface area contributed by atoms with E-state index in [1.54, 1.807) is 7.05 Å². The van der Waals surface area contributed by atoms with Gasteiger partial charge >= 0.3 is 5.97 Å². The van der Waals surface area contributed by atoms with Gasteiger partial charge in [-0.15, -0.1) is 0 Å². The average molecular weight is 369 g/mol. The fraction of sp³-hybridized carbons (Fsp3) is 0.750. The van der Waals surface area contributed by atoms with Gasteiger partial charge in [-0.1, -0.05) is 6.92 Å². The zero-order valence-electron chi connectivity index (χ0n) is 15.7. The summed E-state index contributed by atoms with van der Waals surface area (Å²) in [5.41, 5.74) is -0.479. The molecule has 1 aliphatic rings. The highest BCUT2D eigenvalue weighted by molar-refractivity contribution is 7.09. The second kappa shape index (κ2) is 8.46. The van der Waals surface area contributed by atoms with Crippen molar-refractivity contribution in [3.05, 3.63) is 5.82 Å². The number of ether oxygens (including phenoxy) is 1. The summed E-state index contributed by atoms with van der Waals surface area (Å²) in [5, 5.41) is 4.07. The SMILES string of the molecule is CCc1nsc(N2CCN(C(=NC)NCC(=O)OC(C)(C)C)CC2)n1. The molecule has 0 aliphatic carbocycles. The van der Waals surface area contributed by atoms with Gasteiger partial charge in [-0.05, 0) is 20.8 Å². The molecule has 0 atom stereocenters. The Morgan fingerprint density at radius 1 is 1.32 bits per heavy atom. The minimum absolute atomic E-state index is 0.112. The molecule has 0 saturated carbocycles. The van der Waals surface area contributed by atoms with E-state index >= 15 is 0 Å². The Morgan fingerprint density at radius 2 is 2.00 bits per heavy atom. The lowest BCUT2D eigenvalue weighted by atomic mass is 10.2. The fourth-order valence-electron chi connectivity index (χ4n) is 2.49. The smallest absolute Gasteiger partial charge is 0.325 e. The fourth-order valence-corrected chi connectivity index (χ4v) is 3.29. The van der Waals surface area contributed by atoms with Crippen LogP contribution in [0.4, 0.5) is 5.13 Å². The monoisotopic (exact) mass is 368 g/mol. The highest BCUT2D eigenvalue weighted by atomic mass is 32.1. The molecular weight excluding hydrogens is 340 g/mol. The third kappa shape index (κ3) is 5.84. The zero-order chi connectivity index (χ0) is 18.4. The van der Waals surface area contributed by atoms with Gasteiger partial charge in [0.1, 0.15) is 18.0 Å². The van der Waals surface area contributed by atoms with Crippen LogP contribution in [0.1, 0.15) is 33.5 Å². The number of nitrogens with zero attached hydrogens (tertiary/aromatic N) is 5. The van der Waals surface area contributed by atoms with Gasteiger partial charge in [0.05, 0.1) is 0 Å². The van der Waals surface area contributed by atoms with E-state index in [1.807, 2.05) is 20.8 Å². The van der Waals surface area contributed by atoms with Crippen molar-refractivity contribution in [2.24, 2.45) is 4.99 Å². The molecule has 1 aromatic rings. The van der Waals surface area contributed by atoms with Crippen molar-refractivity contribution in [2.75, 3.05) is 44.7 Å². The molecule has 1 aromatic heterocycles. The van der Waals surface area contributed by atoms with Crippen LogP contribution < -0.4 is 10.2 Å². The van der Waals surface area contributed by atoms with Crippen molar-refractivity contribution >= 4 is 28.6 Å². The van der Waals surface area contributed by atoms with E-state index in [0.29, 0.717) is 0 Å². The summed E-state index contributed by atoms with van der Waals surface area (Å²) in [6.45, 7) is 11.1. The molecule has 2 heterocycles.